The van der Waals surface area contributed by atoms with Crippen LogP contribution in [0.4, 0.5) is 11.4 Å². The van der Waals surface area contributed by atoms with Crippen LogP contribution in [-0.4, -0.2) is 15.5 Å². The zero-order valence-corrected chi connectivity index (χ0v) is 15.1. The number of hydrogen-bond acceptors (Lipinski definition) is 5. The Labute approximate surface area is 152 Å². The standard InChI is InChI=1S/C19H17N3O3S/c1-13-3-4-14(19-10-7-16(12-20)25-19)11-18(13)22(2)26(23,24)17-8-5-15(21)6-9-17/h3-11H,21H2,1-2H3. The zero-order valence-electron chi connectivity index (χ0n) is 14.3. The quantitative estimate of drug-likeness (QED) is 0.711. The van der Waals surface area contributed by atoms with Gasteiger partial charge in [0.2, 0.25) is 5.76 Å². The lowest BCUT2D eigenvalue weighted by atomic mass is 10.1. The van der Waals surface area contributed by atoms with E-state index in [2.05, 4.69) is 0 Å². The summed E-state index contributed by atoms with van der Waals surface area (Å²) in [6, 6.07) is 16.6. The molecule has 0 aliphatic carbocycles. The molecule has 3 aromatic rings. The Morgan fingerprint density at radius 1 is 1.08 bits per heavy atom. The van der Waals surface area contributed by atoms with Gasteiger partial charge in [-0.2, -0.15) is 5.26 Å². The van der Waals surface area contributed by atoms with Crippen molar-refractivity contribution in [2.75, 3.05) is 17.1 Å². The molecule has 0 unspecified atom stereocenters. The molecule has 2 N–H and O–H groups in total. The van der Waals surface area contributed by atoms with E-state index >= 15 is 0 Å². The largest absolute Gasteiger partial charge is 0.446 e. The minimum Gasteiger partial charge on any atom is -0.446 e. The van der Waals surface area contributed by atoms with Gasteiger partial charge in [-0.1, -0.05) is 12.1 Å². The lowest BCUT2D eigenvalue weighted by Crippen LogP contribution is -2.27. The number of furan rings is 1. The SMILES string of the molecule is Cc1ccc(-c2ccc(C#N)o2)cc1N(C)S(=O)(=O)c1ccc(N)cc1. The summed E-state index contributed by atoms with van der Waals surface area (Å²) in [7, 11) is -2.23. The summed E-state index contributed by atoms with van der Waals surface area (Å²) < 4.78 is 32.5. The molecule has 0 saturated carbocycles. The van der Waals surface area contributed by atoms with Gasteiger partial charge >= 0.3 is 0 Å². The minimum atomic E-state index is -3.73. The molecule has 2 aromatic carbocycles. The van der Waals surface area contributed by atoms with E-state index in [4.69, 9.17) is 15.4 Å². The summed E-state index contributed by atoms with van der Waals surface area (Å²) in [5, 5.41) is 8.90. The molecule has 0 amide bonds. The maximum atomic E-state index is 12.9. The second kappa shape index (κ2) is 6.58. The molecular formula is C19H17N3O3S. The summed E-state index contributed by atoms with van der Waals surface area (Å²) in [5.41, 5.74) is 8.14. The third-order valence-corrected chi connectivity index (χ3v) is 5.87. The highest BCUT2D eigenvalue weighted by Gasteiger charge is 2.23. The van der Waals surface area contributed by atoms with E-state index in [1.165, 1.54) is 23.5 Å². The first kappa shape index (κ1) is 17.6. The van der Waals surface area contributed by atoms with Crippen molar-refractivity contribution in [2.45, 2.75) is 11.8 Å². The highest BCUT2D eigenvalue weighted by atomic mass is 32.2. The predicted octanol–water partition coefficient (Wildman–Crippen LogP) is 3.53. The number of sulfonamides is 1. The molecule has 26 heavy (non-hydrogen) atoms. The number of nitriles is 1. The van der Waals surface area contributed by atoms with E-state index in [9.17, 15) is 8.42 Å². The first-order chi connectivity index (χ1) is 12.3. The molecule has 0 aliphatic rings. The smallest absolute Gasteiger partial charge is 0.264 e. The van der Waals surface area contributed by atoms with Gasteiger partial charge < -0.3 is 10.2 Å². The first-order valence-corrected chi connectivity index (χ1v) is 9.22. The van der Waals surface area contributed by atoms with Gasteiger partial charge in [0, 0.05) is 18.3 Å². The van der Waals surface area contributed by atoms with E-state index in [-0.39, 0.29) is 10.7 Å². The Morgan fingerprint density at radius 2 is 1.77 bits per heavy atom. The lowest BCUT2D eigenvalue weighted by molar-refractivity contribution is 0.567. The summed E-state index contributed by atoms with van der Waals surface area (Å²) in [6.45, 7) is 1.83. The predicted molar refractivity (Wildman–Crippen MR) is 100 cm³/mol. The molecule has 0 radical (unpaired) electrons. The fourth-order valence-electron chi connectivity index (χ4n) is 2.58. The number of aryl methyl sites for hydroxylation is 1. The van der Waals surface area contributed by atoms with E-state index in [1.54, 1.807) is 30.3 Å². The maximum absolute atomic E-state index is 12.9. The molecule has 0 bridgehead atoms. The topological polar surface area (TPSA) is 100 Å². The van der Waals surface area contributed by atoms with E-state index in [0.29, 0.717) is 22.7 Å². The lowest BCUT2D eigenvalue weighted by Gasteiger charge is -2.22. The average molecular weight is 367 g/mol. The van der Waals surface area contributed by atoms with E-state index in [0.717, 1.165) is 5.56 Å². The average Bonchev–Trinajstić information content (AvgIpc) is 3.11. The molecule has 0 atom stereocenters. The summed E-state index contributed by atoms with van der Waals surface area (Å²) in [4.78, 5) is 0.156. The van der Waals surface area contributed by atoms with Gasteiger partial charge in [0.25, 0.3) is 10.0 Å². The number of benzene rings is 2. The first-order valence-electron chi connectivity index (χ1n) is 7.78. The van der Waals surface area contributed by atoms with Crippen molar-refractivity contribution in [3.05, 3.63) is 65.9 Å². The molecule has 132 valence electrons. The molecule has 7 heteroatoms. The second-order valence-electron chi connectivity index (χ2n) is 5.82. The van der Waals surface area contributed by atoms with Crippen molar-refractivity contribution >= 4 is 21.4 Å². The minimum absolute atomic E-state index is 0.156. The van der Waals surface area contributed by atoms with Crippen molar-refractivity contribution in [1.29, 1.82) is 5.26 Å². The van der Waals surface area contributed by atoms with Gasteiger partial charge in [-0.05, 0) is 55.0 Å². The maximum Gasteiger partial charge on any atom is 0.264 e. The van der Waals surface area contributed by atoms with Crippen LogP contribution in [0.2, 0.25) is 0 Å². The van der Waals surface area contributed by atoms with Crippen LogP contribution in [0, 0.1) is 18.3 Å². The number of hydrogen-bond donors (Lipinski definition) is 1. The van der Waals surface area contributed by atoms with Crippen molar-refractivity contribution in [2.24, 2.45) is 0 Å². The molecule has 3 rings (SSSR count). The third kappa shape index (κ3) is 3.15. The fraction of sp³-hybridized carbons (Fsp3) is 0.105. The van der Waals surface area contributed by atoms with Crippen LogP contribution in [0.1, 0.15) is 11.3 Å². The van der Waals surface area contributed by atoms with Crippen molar-refractivity contribution in [1.82, 2.24) is 0 Å². The van der Waals surface area contributed by atoms with Crippen LogP contribution < -0.4 is 10.0 Å². The number of nitrogen functional groups attached to an aromatic ring is 1. The molecule has 0 fully saturated rings. The Morgan fingerprint density at radius 3 is 2.38 bits per heavy atom. The third-order valence-electron chi connectivity index (χ3n) is 4.09. The van der Waals surface area contributed by atoms with Crippen LogP contribution in [0.15, 0.2) is 63.9 Å². The van der Waals surface area contributed by atoms with Crippen LogP contribution in [0.5, 0.6) is 0 Å². The monoisotopic (exact) mass is 367 g/mol. The summed E-state index contributed by atoms with van der Waals surface area (Å²) >= 11 is 0. The zero-order chi connectivity index (χ0) is 18.9. The van der Waals surface area contributed by atoms with Gasteiger partial charge in [0.05, 0.1) is 10.6 Å². The van der Waals surface area contributed by atoms with Crippen molar-refractivity contribution in [3.63, 3.8) is 0 Å². The molecule has 0 aliphatic heterocycles. The Bertz CT molecular complexity index is 1090. The summed E-state index contributed by atoms with van der Waals surface area (Å²) in [6.07, 6.45) is 0. The summed E-state index contributed by atoms with van der Waals surface area (Å²) in [5.74, 6) is 0.700. The highest BCUT2D eigenvalue weighted by Crippen LogP contribution is 2.31. The number of anilines is 2. The van der Waals surface area contributed by atoms with Crippen molar-refractivity contribution < 1.29 is 12.8 Å². The second-order valence-corrected chi connectivity index (χ2v) is 7.79. The Balaban J connectivity index is 2.04. The molecule has 6 nitrogen and oxygen atoms in total. The van der Waals surface area contributed by atoms with Crippen LogP contribution in [0.3, 0.4) is 0 Å². The molecule has 0 spiro atoms. The van der Waals surface area contributed by atoms with Crippen molar-refractivity contribution in [3.8, 4) is 17.4 Å². The van der Waals surface area contributed by atoms with Gasteiger partial charge in [-0.3, -0.25) is 4.31 Å². The fourth-order valence-corrected chi connectivity index (χ4v) is 3.83. The number of nitrogens with two attached hydrogens (primary N) is 1. The van der Waals surface area contributed by atoms with Gasteiger partial charge in [-0.15, -0.1) is 0 Å². The highest BCUT2D eigenvalue weighted by molar-refractivity contribution is 7.92. The number of nitrogens with zero attached hydrogens (tertiary/aromatic N) is 2. The van der Waals surface area contributed by atoms with Crippen LogP contribution in [-0.2, 0) is 10.0 Å². The molecule has 1 heterocycles. The van der Waals surface area contributed by atoms with Crippen LogP contribution in [0.25, 0.3) is 11.3 Å². The van der Waals surface area contributed by atoms with E-state index < -0.39 is 10.0 Å². The van der Waals surface area contributed by atoms with Gasteiger partial charge in [-0.25, -0.2) is 8.42 Å². The number of rotatable bonds is 4. The van der Waals surface area contributed by atoms with E-state index in [1.807, 2.05) is 25.1 Å². The normalized spacial score (nSPS) is 11.1. The molecule has 0 saturated heterocycles. The Kier molecular flexibility index (Phi) is 4.45. The molecular weight excluding hydrogens is 350 g/mol. The Hall–Kier alpha value is -3.24. The van der Waals surface area contributed by atoms with Gasteiger partial charge in [0.1, 0.15) is 11.8 Å². The van der Waals surface area contributed by atoms with Crippen LogP contribution >= 0.6 is 0 Å². The molecule has 1 aromatic heterocycles. The van der Waals surface area contributed by atoms with Gasteiger partial charge in [0.15, 0.2) is 0 Å².